The van der Waals surface area contributed by atoms with Crippen LogP contribution in [-0.4, -0.2) is 48.6 Å². The number of hydrogen-bond acceptors (Lipinski definition) is 5. The van der Waals surface area contributed by atoms with Gasteiger partial charge in [0.2, 0.25) is 0 Å². The topological polar surface area (TPSA) is 54.5 Å². The Kier molecular flexibility index (Phi) is 8.07. The van der Waals surface area contributed by atoms with Crippen LogP contribution in [0.25, 0.3) is 0 Å². The second-order valence-corrected chi connectivity index (χ2v) is 8.70. The lowest BCUT2D eigenvalue weighted by Crippen LogP contribution is -2.43. The average molecular weight is 456 g/mol. The maximum absolute atomic E-state index is 12.9. The average Bonchev–Trinajstić information content (AvgIpc) is 3.13. The zero-order valence-electron chi connectivity index (χ0n) is 17.8. The zero-order valence-corrected chi connectivity index (χ0v) is 18.6. The highest BCUT2D eigenvalue weighted by Crippen LogP contribution is 2.31. The predicted octanol–water partition coefficient (Wildman–Crippen LogP) is 4.62. The molecule has 9 heteroatoms. The van der Waals surface area contributed by atoms with Crippen LogP contribution in [0.2, 0.25) is 0 Å². The molecule has 1 aliphatic rings. The summed E-state index contributed by atoms with van der Waals surface area (Å²) in [7, 11) is 0. The fourth-order valence-corrected chi connectivity index (χ4v) is 4.63. The molecule has 1 atom stereocenters. The normalized spacial score (nSPS) is 16.3. The number of aryl methyl sites for hydroxylation is 2. The van der Waals surface area contributed by atoms with Crippen LogP contribution in [-0.2, 0) is 17.3 Å². The summed E-state index contributed by atoms with van der Waals surface area (Å²) < 4.78 is 44.2. The minimum absolute atomic E-state index is 0.192. The van der Waals surface area contributed by atoms with E-state index in [-0.39, 0.29) is 11.9 Å². The van der Waals surface area contributed by atoms with E-state index in [4.69, 9.17) is 4.74 Å². The SMILES string of the molecule is CCCCc1nc(C)c(C(=O)NCC(c2ccc(C(F)(F)F)cc2)N2CCOCC2)s1. The van der Waals surface area contributed by atoms with Crippen molar-refractivity contribution in [2.24, 2.45) is 0 Å². The molecule has 1 aromatic carbocycles. The van der Waals surface area contributed by atoms with E-state index in [1.807, 2.05) is 6.92 Å². The molecule has 170 valence electrons. The summed E-state index contributed by atoms with van der Waals surface area (Å²) in [5.74, 6) is -0.192. The fraction of sp³-hybridized carbons (Fsp3) is 0.545. The van der Waals surface area contributed by atoms with Crippen molar-refractivity contribution < 1.29 is 22.7 Å². The highest BCUT2D eigenvalue weighted by molar-refractivity contribution is 7.13. The van der Waals surface area contributed by atoms with Crippen molar-refractivity contribution in [2.45, 2.75) is 45.3 Å². The number of benzene rings is 1. The Morgan fingerprint density at radius 2 is 1.94 bits per heavy atom. The van der Waals surface area contributed by atoms with Crippen LogP contribution >= 0.6 is 11.3 Å². The molecule has 0 bridgehead atoms. The molecule has 0 aliphatic carbocycles. The molecule has 1 unspecified atom stereocenters. The third kappa shape index (κ3) is 6.27. The number of rotatable bonds is 8. The second kappa shape index (κ2) is 10.6. The Morgan fingerprint density at radius 1 is 1.26 bits per heavy atom. The van der Waals surface area contributed by atoms with Gasteiger partial charge in [-0.2, -0.15) is 13.2 Å². The summed E-state index contributed by atoms with van der Waals surface area (Å²) in [5, 5.41) is 3.93. The lowest BCUT2D eigenvalue weighted by molar-refractivity contribution is -0.137. The number of unbranched alkanes of at least 4 members (excludes halogenated alkanes) is 1. The number of carbonyl (C=O) groups excluding carboxylic acids is 1. The van der Waals surface area contributed by atoms with Crippen LogP contribution in [0.5, 0.6) is 0 Å². The Labute approximate surface area is 184 Å². The van der Waals surface area contributed by atoms with Crippen molar-refractivity contribution in [3.8, 4) is 0 Å². The molecular weight excluding hydrogens is 427 g/mol. The summed E-state index contributed by atoms with van der Waals surface area (Å²) in [6.07, 6.45) is -1.42. The van der Waals surface area contributed by atoms with Gasteiger partial charge in [0, 0.05) is 19.6 Å². The lowest BCUT2D eigenvalue weighted by Gasteiger charge is -2.35. The molecule has 1 saturated heterocycles. The monoisotopic (exact) mass is 455 g/mol. The molecule has 0 radical (unpaired) electrons. The van der Waals surface area contributed by atoms with E-state index in [2.05, 4.69) is 22.1 Å². The minimum Gasteiger partial charge on any atom is -0.379 e. The van der Waals surface area contributed by atoms with Crippen LogP contribution in [0.1, 0.15) is 57.3 Å². The van der Waals surface area contributed by atoms with E-state index in [1.54, 1.807) is 0 Å². The Bertz CT molecular complexity index is 862. The van der Waals surface area contributed by atoms with Crippen molar-refractivity contribution >= 4 is 17.2 Å². The smallest absolute Gasteiger partial charge is 0.379 e. The highest BCUT2D eigenvalue weighted by Gasteiger charge is 2.31. The Morgan fingerprint density at radius 3 is 2.55 bits per heavy atom. The fourth-order valence-electron chi connectivity index (χ4n) is 3.61. The van der Waals surface area contributed by atoms with Gasteiger partial charge in [-0.05, 0) is 37.5 Å². The number of ether oxygens (including phenoxy) is 1. The van der Waals surface area contributed by atoms with Crippen LogP contribution in [0.3, 0.4) is 0 Å². The van der Waals surface area contributed by atoms with Crippen LogP contribution < -0.4 is 5.32 Å². The van der Waals surface area contributed by atoms with Gasteiger partial charge in [0.05, 0.1) is 35.5 Å². The van der Waals surface area contributed by atoms with Crippen molar-refractivity contribution in [2.75, 3.05) is 32.8 Å². The van der Waals surface area contributed by atoms with Crippen LogP contribution in [0, 0.1) is 6.92 Å². The molecule has 1 fully saturated rings. The van der Waals surface area contributed by atoms with Crippen molar-refractivity contribution in [3.05, 3.63) is 51.0 Å². The molecule has 3 rings (SSSR count). The number of nitrogens with zero attached hydrogens (tertiary/aromatic N) is 2. The number of thiazole rings is 1. The first kappa shape index (κ1) is 23.7. The van der Waals surface area contributed by atoms with Crippen molar-refractivity contribution in [1.82, 2.24) is 15.2 Å². The van der Waals surface area contributed by atoms with Crippen LogP contribution in [0.15, 0.2) is 24.3 Å². The van der Waals surface area contributed by atoms with E-state index >= 15 is 0 Å². The maximum atomic E-state index is 12.9. The first-order valence-corrected chi connectivity index (χ1v) is 11.3. The summed E-state index contributed by atoms with van der Waals surface area (Å²) in [4.78, 5) is 20.1. The van der Waals surface area contributed by atoms with Gasteiger partial charge in [0.15, 0.2) is 0 Å². The first-order valence-electron chi connectivity index (χ1n) is 10.5. The van der Waals surface area contributed by atoms with E-state index in [1.165, 1.54) is 23.5 Å². The van der Waals surface area contributed by atoms with Gasteiger partial charge in [-0.25, -0.2) is 4.98 Å². The molecule has 0 spiro atoms. The first-order chi connectivity index (χ1) is 14.8. The minimum atomic E-state index is -4.37. The van der Waals surface area contributed by atoms with E-state index in [0.29, 0.717) is 43.4 Å². The number of halogens is 3. The molecule has 1 amide bonds. The van der Waals surface area contributed by atoms with Gasteiger partial charge in [-0.3, -0.25) is 9.69 Å². The van der Waals surface area contributed by atoms with Gasteiger partial charge in [0.1, 0.15) is 4.88 Å². The van der Waals surface area contributed by atoms with Gasteiger partial charge in [0.25, 0.3) is 5.91 Å². The number of morpholine rings is 1. The zero-order chi connectivity index (χ0) is 22.4. The number of amides is 1. The number of alkyl halides is 3. The standard InChI is InChI=1S/C22H28F3N3O2S/c1-3-4-5-19-27-15(2)20(31-19)21(29)26-14-18(28-10-12-30-13-11-28)16-6-8-17(9-7-16)22(23,24)25/h6-9,18H,3-5,10-14H2,1-2H3,(H,26,29). The number of carbonyl (C=O) groups is 1. The molecule has 5 nitrogen and oxygen atoms in total. The van der Waals surface area contributed by atoms with E-state index in [0.717, 1.165) is 42.0 Å². The van der Waals surface area contributed by atoms with Crippen LogP contribution in [0.4, 0.5) is 13.2 Å². The van der Waals surface area contributed by atoms with Gasteiger partial charge >= 0.3 is 6.18 Å². The molecular formula is C22H28F3N3O2S. The van der Waals surface area contributed by atoms with Crippen molar-refractivity contribution in [1.29, 1.82) is 0 Å². The molecule has 1 N–H and O–H groups in total. The third-order valence-corrected chi connectivity index (χ3v) is 6.57. The summed E-state index contributed by atoms with van der Waals surface area (Å²) in [6, 6.07) is 4.95. The van der Waals surface area contributed by atoms with E-state index < -0.39 is 11.7 Å². The molecule has 31 heavy (non-hydrogen) atoms. The van der Waals surface area contributed by atoms with Gasteiger partial charge < -0.3 is 10.1 Å². The Balaban J connectivity index is 1.73. The summed E-state index contributed by atoms with van der Waals surface area (Å²) in [5.41, 5.74) is 0.770. The van der Waals surface area contributed by atoms with Crippen molar-refractivity contribution in [3.63, 3.8) is 0 Å². The quantitative estimate of drug-likeness (QED) is 0.631. The Hall–Kier alpha value is -1.97. The highest BCUT2D eigenvalue weighted by atomic mass is 32.1. The van der Waals surface area contributed by atoms with Gasteiger partial charge in [-0.15, -0.1) is 11.3 Å². The third-order valence-electron chi connectivity index (χ3n) is 5.36. The molecule has 2 heterocycles. The number of hydrogen-bond donors (Lipinski definition) is 1. The number of aromatic nitrogens is 1. The molecule has 1 aromatic heterocycles. The second-order valence-electron chi connectivity index (χ2n) is 7.62. The molecule has 2 aromatic rings. The summed E-state index contributed by atoms with van der Waals surface area (Å²) in [6.45, 7) is 6.66. The predicted molar refractivity (Wildman–Crippen MR) is 114 cm³/mol. The lowest BCUT2D eigenvalue weighted by atomic mass is 10.0. The van der Waals surface area contributed by atoms with E-state index in [9.17, 15) is 18.0 Å². The summed E-state index contributed by atoms with van der Waals surface area (Å²) >= 11 is 1.41. The molecule has 1 aliphatic heterocycles. The maximum Gasteiger partial charge on any atom is 0.416 e. The molecule has 0 saturated carbocycles. The van der Waals surface area contributed by atoms with Gasteiger partial charge in [-0.1, -0.05) is 25.5 Å². The number of nitrogens with one attached hydrogen (secondary N) is 1. The largest absolute Gasteiger partial charge is 0.416 e.